The van der Waals surface area contributed by atoms with Crippen LogP contribution in [0.15, 0.2) is 0 Å². The van der Waals surface area contributed by atoms with E-state index in [4.69, 9.17) is 19.3 Å². The highest BCUT2D eigenvalue weighted by Gasteiger charge is 2.53. The largest absolute Gasteiger partial charge is 0.481 e. The average Bonchev–Trinajstić information content (AvgIpc) is 2.72. The van der Waals surface area contributed by atoms with Crippen LogP contribution in [0.1, 0.15) is 59.3 Å². The Labute approximate surface area is 149 Å². The van der Waals surface area contributed by atoms with Gasteiger partial charge in [-0.05, 0) is 43.9 Å². The third-order valence-electron chi connectivity index (χ3n) is 6.43. The fourth-order valence-electron chi connectivity index (χ4n) is 4.98. The summed E-state index contributed by atoms with van der Waals surface area (Å²) in [4.78, 5) is 22.6. The number of carboxylic acid groups (broad SMARTS) is 1. The van der Waals surface area contributed by atoms with Gasteiger partial charge in [-0.1, -0.05) is 20.3 Å². The fraction of sp³-hybridized carbons (Fsp3) is 0.895. The number of rotatable bonds is 4. The van der Waals surface area contributed by atoms with Crippen molar-refractivity contribution in [2.45, 2.75) is 78.0 Å². The van der Waals surface area contributed by atoms with Gasteiger partial charge in [-0.25, -0.2) is 0 Å². The van der Waals surface area contributed by atoms with E-state index in [1.165, 1.54) is 12.8 Å². The van der Waals surface area contributed by atoms with Crippen LogP contribution in [-0.4, -0.2) is 35.7 Å². The first kappa shape index (κ1) is 18.6. The Morgan fingerprint density at radius 3 is 2.44 bits per heavy atom. The Morgan fingerprint density at radius 2 is 1.72 bits per heavy atom. The molecule has 0 aromatic carbocycles. The third kappa shape index (κ3) is 4.00. The van der Waals surface area contributed by atoms with Gasteiger partial charge in [-0.2, -0.15) is 0 Å². The highest BCUT2D eigenvalue weighted by atomic mass is 16.8. The van der Waals surface area contributed by atoms with E-state index in [9.17, 15) is 9.59 Å². The van der Waals surface area contributed by atoms with E-state index in [-0.39, 0.29) is 31.2 Å². The minimum atomic E-state index is -1.00. The molecule has 2 aliphatic heterocycles. The van der Waals surface area contributed by atoms with Crippen molar-refractivity contribution < 1.29 is 28.9 Å². The SMILES string of the molecule is C[C@H]1[C@H](OC(=O)CCC(=O)O)O[C@@H]2O[C@@H](C)CC[C@@H]3C2[C@H]1CC[C@H]3C. The second kappa shape index (κ2) is 7.62. The lowest BCUT2D eigenvalue weighted by molar-refractivity contribution is -0.325. The van der Waals surface area contributed by atoms with Crippen LogP contribution in [0.3, 0.4) is 0 Å². The average molecular weight is 354 g/mol. The van der Waals surface area contributed by atoms with Crippen molar-refractivity contribution in [2.75, 3.05) is 0 Å². The molecule has 142 valence electrons. The molecule has 2 saturated heterocycles. The fourth-order valence-corrected chi connectivity index (χ4v) is 4.98. The van der Waals surface area contributed by atoms with Crippen LogP contribution in [0, 0.1) is 29.6 Å². The van der Waals surface area contributed by atoms with E-state index in [0.717, 1.165) is 12.8 Å². The van der Waals surface area contributed by atoms with E-state index in [1.54, 1.807) is 0 Å². The molecule has 1 saturated carbocycles. The number of carbonyl (C=O) groups excluding carboxylic acids is 1. The summed E-state index contributed by atoms with van der Waals surface area (Å²) in [7, 11) is 0. The summed E-state index contributed by atoms with van der Waals surface area (Å²) in [5.41, 5.74) is 0. The summed E-state index contributed by atoms with van der Waals surface area (Å²) in [5.74, 6) is 0.630. The molecular weight excluding hydrogens is 324 g/mol. The van der Waals surface area contributed by atoms with Gasteiger partial charge in [0.05, 0.1) is 18.9 Å². The molecule has 3 fully saturated rings. The van der Waals surface area contributed by atoms with E-state index in [1.807, 2.05) is 0 Å². The maximum atomic E-state index is 12.0. The zero-order chi connectivity index (χ0) is 18.1. The van der Waals surface area contributed by atoms with Gasteiger partial charge in [0.25, 0.3) is 0 Å². The zero-order valence-corrected chi connectivity index (χ0v) is 15.3. The molecule has 3 rings (SSSR count). The Hall–Kier alpha value is -1.14. The van der Waals surface area contributed by atoms with Gasteiger partial charge < -0.3 is 19.3 Å². The highest BCUT2D eigenvalue weighted by Crippen LogP contribution is 2.52. The van der Waals surface area contributed by atoms with Gasteiger partial charge in [0.2, 0.25) is 6.29 Å². The van der Waals surface area contributed by atoms with Crippen LogP contribution < -0.4 is 0 Å². The molecule has 2 heterocycles. The van der Waals surface area contributed by atoms with Crippen molar-refractivity contribution in [1.29, 1.82) is 0 Å². The van der Waals surface area contributed by atoms with Gasteiger partial charge in [0.1, 0.15) is 0 Å². The predicted molar refractivity (Wildman–Crippen MR) is 89.4 cm³/mol. The number of aliphatic carboxylic acids is 1. The molecule has 6 nitrogen and oxygen atoms in total. The third-order valence-corrected chi connectivity index (χ3v) is 6.43. The summed E-state index contributed by atoms with van der Waals surface area (Å²) in [5, 5.41) is 8.72. The molecule has 0 radical (unpaired) electrons. The predicted octanol–water partition coefficient (Wildman–Crippen LogP) is 3.19. The first-order valence-corrected chi connectivity index (χ1v) is 9.59. The van der Waals surface area contributed by atoms with Gasteiger partial charge in [-0.3, -0.25) is 9.59 Å². The van der Waals surface area contributed by atoms with Crippen LogP contribution in [0.2, 0.25) is 0 Å². The van der Waals surface area contributed by atoms with Gasteiger partial charge >= 0.3 is 11.9 Å². The number of carboxylic acids is 1. The first-order valence-electron chi connectivity index (χ1n) is 9.59. The molecule has 0 spiro atoms. The molecule has 6 heteroatoms. The van der Waals surface area contributed by atoms with Gasteiger partial charge in [0.15, 0.2) is 6.29 Å². The number of carbonyl (C=O) groups is 2. The maximum Gasteiger partial charge on any atom is 0.308 e. The molecular formula is C19H30O6. The van der Waals surface area contributed by atoms with E-state index < -0.39 is 18.2 Å². The van der Waals surface area contributed by atoms with Crippen molar-refractivity contribution in [3.05, 3.63) is 0 Å². The van der Waals surface area contributed by atoms with Gasteiger partial charge in [-0.15, -0.1) is 0 Å². The van der Waals surface area contributed by atoms with Crippen molar-refractivity contribution in [3.63, 3.8) is 0 Å². The lowest BCUT2D eigenvalue weighted by atomic mass is 9.61. The summed E-state index contributed by atoms with van der Waals surface area (Å²) in [6.07, 6.45) is 3.31. The van der Waals surface area contributed by atoms with Crippen molar-refractivity contribution in [3.8, 4) is 0 Å². The Bertz CT molecular complexity index is 506. The van der Waals surface area contributed by atoms with Crippen LogP contribution in [0.4, 0.5) is 0 Å². The van der Waals surface area contributed by atoms with E-state index >= 15 is 0 Å². The first-order chi connectivity index (χ1) is 11.9. The van der Waals surface area contributed by atoms with Crippen LogP contribution >= 0.6 is 0 Å². The Morgan fingerprint density at radius 1 is 1.00 bits per heavy atom. The summed E-state index contributed by atoms with van der Waals surface area (Å²) >= 11 is 0. The summed E-state index contributed by atoms with van der Waals surface area (Å²) in [6, 6.07) is 0. The number of hydrogen-bond acceptors (Lipinski definition) is 5. The quantitative estimate of drug-likeness (QED) is 0.781. The topological polar surface area (TPSA) is 82.1 Å². The molecule has 0 aromatic heterocycles. The molecule has 0 amide bonds. The lowest BCUT2D eigenvalue weighted by Gasteiger charge is -2.51. The van der Waals surface area contributed by atoms with Crippen molar-refractivity contribution >= 4 is 11.9 Å². The second-order valence-corrected chi connectivity index (χ2v) is 8.10. The molecule has 25 heavy (non-hydrogen) atoms. The summed E-state index contributed by atoms with van der Waals surface area (Å²) in [6.45, 7) is 6.49. The zero-order valence-electron chi connectivity index (χ0n) is 15.3. The van der Waals surface area contributed by atoms with Crippen LogP contribution in [0.5, 0.6) is 0 Å². The molecule has 8 atom stereocenters. The molecule has 3 aliphatic rings. The minimum absolute atomic E-state index is 0.0991. The van der Waals surface area contributed by atoms with E-state index in [0.29, 0.717) is 23.7 Å². The maximum absolute atomic E-state index is 12.0. The van der Waals surface area contributed by atoms with Crippen LogP contribution in [-0.2, 0) is 23.8 Å². The molecule has 1 unspecified atom stereocenters. The van der Waals surface area contributed by atoms with Crippen molar-refractivity contribution in [2.24, 2.45) is 29.6 Å². The number of ether oxygens (including phenoxy) is 3. The number of hydrogen-bond donors (Lipinski definition) is 1. The Kier molecular flexibility index (Phi) is 5.68. The number of esters is 1. The monoisotopic (exact) mass is 354 g/mol. The lowest BCUT2D eigenvalue weighted by Crippen LogP contribution is -2.54. The van der Waals surface area contributed by atoms with Crippen molar-refractivity contribution in [1.82, 2.24) is 0 Å². The molecule has 0 aromatic rings. The van der Waals surface area contributed by atoms with E-state index in [2.05, 4.69) is 20.8 Å². The molecule has 1 N–H and O–H groups in total. The molecule has 1 aliphatic carbocycles. The normalized spacial score (nSPS) is 43.6. The molecule has 0 bridgehead atoms. The van der Waals surface area contributed by atoms with Crippen LogP contribution in [0.25, 0.3) is 0 Å². The standard InChI is InChI=1S/C19H30O6/c1-10-4-6-14-12(3)18(24-16(22)9-8-15(20)21)25-19-17(14)13(10)7-5-11(2)23-19/h10-14,17-19H,4-9H2,1-3H3,(H,20,21)/t10-,11+,12-,13+,14+,17?,18-,19+/m1/s1. The Balaban J connectivity index is 1.72. The smallest absolute Gasteiger partial charge is 0.308 e. The minimum Gasteiger partial charge on any atom is -0.481 e. The second-order valence-electron chi connectivity index (χ2n) is 8.10. The van der Waals surface area contributed by atoms with Gasteiger partial charge in [0, 0.05) is 11.8 Å². The highest BCUT2D eigenvalue weighted by molar-refractivity contribution is 5.76. The summed E-state index contributed by atoms with van der Waals surface area (Å²) < 4.78 is 17.7.